The number of aliphatic hydroxyl groups is 1. The molecule has 2 aromatic heterocycles. The lowest BCUT2D eigenvalue weighted by Crippen LogP contribution is -2.33. The lowest BCUT2D eigenvalue weighted by atomic mass is 9.96. The van der Waals surface area contributed by atoms with Gasteiger partial charge in [0.2, 0.25) is 0 Å². The minimum atomic E-state index is -0.0492. The molecule has 1 N–H and O–H groups in total. The summed E-state index contributed by atoms with van der Waals surface area (Å²) in [5.74, 6) is 2.09. The maximum absolute atomic E-state index is 9.18. The summed E-state index contributed by atoms with van der Waals surface area (Å²) in [5.41, 5.74) is 0. The Morgan fingerprint density at radius 2 is 2.15 bits per heavy atom. The molecule has 108 valence electrons. The van der Waals surface area contributed by atoms with Crippen molar-refractivity contribution in [1.29, 1.82) is 0 Å². The van der Waals surface area contributed by atoms with E-state index in [1.165, 1.54) is 5.01 Å². The number of hydrogen-bond donors (Lipinski definition) is 1. The lowest BCUT2D eigenvalue weighted by Gasteiger charge is -2.30. The molecule has 20 heavy (non-hydrogen) atoms. The van der Waals surface area contributed by atoms with Crippen molar-refractivity contribution in [3.8, 4) is 0 Å². The van der Waals surface area contributed by atoms with Crippen LogP contribution in [0, 0.1) is 0 Å². The molecule has 0 unspecified atom stereocenters. The van der Waals surface area contributed by atoms with Gasteiger partial charge in [0.05, 0.1) is 6.54 Å². The van der Waals surface area contributed by atoms with E-state index < -0.39 is 0 Å². The quantitative estimate of drug-likeness (QED) is 0.916. The molecule has 1 saturated heterocycles. The average Bonchev–Trinajstić information content (AvgIpc) is 3.09. The highest BCUT2D eigenvalue weighted by Crippen LogP contribution is 2.27. The first-order valence-electron chi connectivity index (χ1n) is 6.87. The molecular weight excluding hydrogens is 274 g/mol. The van der Waals surface area contributed by atoms with E-state index >= 15 is 0 Å². The zero-order valence-corrected chi connectivity index (χ0v) is 12.4. The highest BCUT2D eigenvalue weighted by Gasteiger charge is 2.25. The fourth-order valence-electron chi connectivity index (χ4n) is 2.74. The zero-order chi connectivity index (χ0) is 13.9. The topological polar surface area (TPSA) is 67.1 Å². The van der Waals surface area contributed by atoms with Gasteiger partial charge in [-0.15, -0.1) is 21.5 Å². The molecule has 3 rings (SSSR count). The van der Waals surface area contributed by atoms with Crippen LogP contribution in [0.2, 0.25) is 0 Å². The Kier molecular flexibility index (Phi) is 4.09. The molecule has 3 heterocycles. The molecule has 0 aliphatic carbocycles. The van der Waals surface area contributed by atoms with Crippen molar-refractivity contribution < 1.29 is 5.11 Å². The summed E-state index contributed by atoms with van der Waals surface area (Å²) in [5, 5.41) is 20.7. The normalized spacial score (nSPS) is 17.7. The van der Waals surface area contributed by atoms with Gasteiger partial charge in [0.1, 0.15) is 17.4 Å². The number of hydrogen-bond acceptors (Lipinski definition) is 6. The summed E-state index contributed by atoms with van der Waals surface area (Å²) >= 11 is 1.72. The number of piperidine rings is 1. The largest absolute Gasteiger partial charge is 0.388 e. The third-order valence-electron chi connectivity index (χ3n) is 3.94. The second-order valence-electron chi connectivity index (χ2n) is 5.17. The Hall–Kier alpha value is -1.31. The fourth-order valence-corrected chi connectivity index (χ4v) is 3.40. The molecule has 1 aliphatic rings. The molecule has 1 fully saturated rings. The van der Waals surface area contributed by atoms with Crippen LogP contribution in [-0.4, -0.2) is 42.8 Å². The first-order valence-corrected chi connectivity index (χ1v) is 7.75. The number of rotatable bonds is 4. The molecule has 6 nitrogen and oxygen atoms in total. The molecule has 0 aromatic carbocycles. The van der Waals surface area contributed by atoms with Crippen LogP contribution in [0.15, 0.2) is 11.6 Å². The maximum Gasteiger partial charge on any atom is 0.158 e. The van der Waals surface area contributed by atoms with Crippen LogP contribution < -0.4 is 0 Å². The van der Waals surface area contributed by atoms with Gasteiger partial charge in [-0.2, -0.15) is 0 Å². The second kappa shape index (κ2) is 5.99. The smallest absolute Gasteiger partial charge is 0.158 e. The van der Waals surface area contributed by atoms with E-state index in [0.29, 0.717) is 11.7 Å². The molecule has 1 aliphatic heterocycles. The van der Waals surface area contributed by atoms with Crippen LogP contribution >= 0.6 is 11.3 Å². The van der Waals surface area contributed by atoms with Gasteiger partial charge in [0, 0.05) is 24.5 Å². The van der Waals surface area contributed by atoms with Crippen molar-refractivity contribution in [1.82, 2.24) is 24.6 Å². The van der Waals surface area contributed by atoms with Crippen molar-refractivity contribution in [3.05, 3.63) is 28.2 Å². The molecule has 7 heteroatoms. The Labute approximate surface area is 122 Å². The number of thiazole rings is 1. The van der Waals surface area contributed by atoms with Crippen LogP contribution in [-0.2, 0) is 20.2 Å². The predicted molar refractivity (Wildman–Crippen MR) is 76.3 cm³/mol. The third kappa shape index (κ3) is 2.74. The SMILES string of the molecule is Cn1c(CO)nnc1C1CCN(Cc2nccs2)CC1. The van der Waals surface area contributed by atoms with E-state index in [-0.39, 0.29) is 6.61 Å². The van der Waals surface area contributed by atoms with Crippen molar-refractivity contribution in [2.75, 3.05) is 13.1 Å². The van der Waals surface area contributed by atoms with E-state index in [4.69, 9.17) is 0 Å². The molecule has 0 spiro atoms. The first kappa shape index (κ1) is 13.7. The summed E-state index contributed by atoms with van der Waals surface area (Å²) in [6, 6.07) is 0. The van der Waals surface area contributed by atoms with Gasteiger partial charge in [-0.1, -0.05) is 0 Å². The van der Waals surface area contributed by atoms with Gasteiger partial charge in [-0.05, 0) is 25.9 Å². The second-order valence-corrected chi connectivity index (χ2v) is 6.15. The minimum absolute atomic E-state index is 0.0492. The van der Waals surface area contributed by atoms with Gasteiger partial charge in [-0.3, -0.25) is 4.90 Å². The molecule has 2 aromatic rings. The third-order valence-corrected chi connectivity index (χ3v) is 4.70. The van der Waals surface area contributed by atoms with E-state index in [9.17, 15) is 5.11 Å². The van der Waals surface area contributed by atoms with Gasteiger partial charge >= 0.3 is 0 Å². The summed E-state index contributed by atoms with van der Waals surface area (Å²) in [7, 11) is 1.93. The monoisotopic (exact) mass is 293 g/mol. The number of aliphatic hydroxyl groups excluding tert-OH is 1. The van der Waals surface area contributed by atoms with Gasteiger partial charge in [0.25, 0.3) is 0 Å². The summed E-state index contributed by atoms with van der Waals surface area (Å²) < 4.78 is 1.93. The molecule has 0 radical (unpaired) electrons. The Bertz CT molecular complexity index is 545. The fraction of sp³-hybridized carbons (Fsp3) is 0.615. The predicted octanol–water partition coefficient (Wildman–Crippen LogP) is 1.14. The summed E-state index contributed by atoms with van der Waals surface area (Å²) in [6.45, 7) is 3.02. The van der Waals surface area contributed by atoms with Gasteiger partial charge in [-0.25, -0.2) is 4.98 Å². The summed E-state index contributed by atoms with van der Waals surface area (Å²) in [6.07, 6.45) is 4.04. The number of aromatic nitrogens is 4. The van der Waals surface area contributed by atoms with Crippen LogP contribution in [0.3, 0.4) is 0 Å². The van der Waals surface area contributed by atoms with E-state index in [0.717, 1.165) is 38.3 Å². The highest BCUT2D eigenvalue weighted by atomic mass is 32.1. The van der Waals surface area contributed by atoms with Gasteiger partial charge < -0.3 is 9.67 Å². The van der Waals surface area contributed by atoms with Crippen molar-refractivity contribution in [3.63, 3.8) is 0 Å². The Morgan fingerprint density at radius 3 is 2.75 bits per heavy atom. The van der Waals surface area contributed by atoms with E-state index in [1.807, 2.05) is 23.2 Å². The molecule has 0 saturated carbocycles. The van der Waals surface area contributed by atoms with Gasteiger partial charge in [0.15, 0.2) is 5.82 Å². The van der Waals surface area contributed by atoms with E-state index in [1.54, 1.807) is 11.3 Å². The standard InChI is InChI=1S/C13H19N5OS/c1-17-11(9-19)15-16-13(17)10-2-5-18(6-3-10)8-12-14-4-7-20-12/h4,7,10,19H,2-3,5-6,8-9H2,1H3. The van der Waals surface area contributed by atoms with Crippen molar-refractivity contribution in [2.45, 2.75) is 31.9 Å². The van der Waals surface area contributed by atoms with Crippen LogP contribution in [0.25, 0.3) is 0 Å². The molecule has 0 amide bonds. The molecule has 0 bridgehead atoms. The average molecular weight is 293 g/mol. The maximum atomic E-state index is 9.18. The Balaban J connectivity index is 1.59. The Morgan fingerprint density at radius 1 is 1.35 bits per heavy atom. The minimum Gasteiger partial charge on any atom is -0.388 e. The van der Waals surface area contributed by atoms with E-state index in [2.05, 4.69) is 20.1 Å². The van der Waals surface area contributed by atoms with Crippen LogP contribution in [0.5, 0.6) is 0 Å². The first-order chi connectivity index (χ1) is 9.78. The number of nitrogens with zero attached hydrogens (tertiary/aromatic N) is 5. The zero-order valence-electron chi connectivity index (χ0n) is 11.6. The van der Waals surface area contributed by atoms with Crippen molar-refractivity contribution >= 4 is 11.3 Å². The molecule has 0 atom stereocenters. The number of likely N-dealkylation sites (tertiary alicyclic amines) is 1. The van der Waals surface area contributed by atoms with Crippen molar-refractivity contribution in [2.24, 2.45) is 7.05 Å². The van der Waals surface area contributed by atoms with Crippen LogP contribution in [0.1, 0.15) is 35.4 Å². The van der Waals surface area contributed by atoms with Crippen LogP contribution in [0.4, 0.5) is 0 Å². The summed E-state index contributed by atoms with van der Waals surface area (Å²) in [4.78, 5) is 6.78. The molecular formula is C13H19N5OS. The highest BCUT2D eigenvalue weighted by molar-refractivity contribution is 7.09. The lowest BCUT2D eigenvalue weighted by molar-refractivity contribution is 0.200.